The van der Waals surface area contributed by atoms with Crippen molar-refractivity contribution >= 4 is 33.0 Å². The maximum Gasteiger partial charge on any atom is 0.250 e. The molecule has 1 heterocycles. The summed E-state index contributed by atoms with van der Waals surface area (Å²) >= 11 is 7.01. The second kappa shape index (κ2) is 5.46. The quantitative estimate of drug-likeness (QED) is 0.895. The van der Waals surface area contributed by atoms with Crippen molar-refractivity contribution in [3.05, 3.63) is 16.0 Å². The van der Waals surface area contributed by atoms with Crippen LogP contribution in [0.4, 0.5) is 0 Å². The second-order valence-corrected chi connectivity index (χ2v) is 8.27. The molecule has 2 unspecified atom stereocenters. The molecule has 1 aromatic rings. The van der Waals surface area contributed by atoms with Crippen LogP contribution in [0.3, 0.4) is 0 Å². The molecule has 0 radical (unpaired) electrons. The summed E-state index contributed by atoms with van der Waals surface area (Å²) in [6.45, 7) is 2.33. The molecule has 1 aromatic heterocycles. The van der Waals surface area contributed by atoms with Crippen LogP contribution in [0.2, 0.25) is 4.34 Å². The van der Waals surface area contributed by atoms with Crippen LogP contribution in [-0.2, 0) is 10.0 Å². The Balaban J connectivity index is 2.17. The van der Waals surface area contributed by atoms with Gasteiger partial charge in [-0.05, 0) is 43.9 Å². The first-order valence-electron chi connectivity index (χ1n) is 5.92. The summed E-state index contributed by atoms with van der Waals surface area (Å²) in [5, 5.41) is 0. The lowest BCUT2D eigenvalue weighted by atomic mass is 10.1. The van der Waals surface area contributed by atoms with E-state index in [9.17, 15) is 8.42 Å². The van der Waals surface area contributed by atoms with Crippen molar-refractivity contribution < 1.29 is 8.42 Å². The van der Waals surface area contributed by atoms with Gasteiger partial charge in [0.2, 0.25) is 10.0 Å². The van der Waals surface area contributed by atoms with Gasteiger partial charge in [0.1, 0.15) is 4.21 Å². The summed E-state index contributed by atoms with van der Waals surface area (Å²) in [5.74, 6) is 0.247. The van der Waals surface area contributed by atoms with E-state index < -0.39 is 10.0 Å². The molecule has 0 aliphatic heterocycles. The Morgan fingerprint density at radius 1 is 1.56 bits per heavy atom. The number of hydrogen-bond donors (Lipinski definition) is 2. The molecule has 18 heavy (non-hydrogen) atoms. The van der Waals surface area contributed by atoms with Gasteiger partial charge in [0.25, 0.3) is 0 Å². The highest BCUT2D eigenvalue weighted by molar-refractivity contribution is 7.91. The molecule has 0 aromatic carbocycles. The molecule has 7 heteroatoms. The van der Waals surface area contributed by atoms with E-state index in [1.807, 2.05) is 0 Å². The molecule has 0 amide bonds. The number of sulfonamides is 1. The Labute approximate surface area is 117 Å². The van der Waals surface area contributed by atoms with Crippen molar-refractivity contribution in [1.29, 1.82) is 0 Å². The maximum atomic E-state index is 12.2. The minimum absolute atomic E-state index is 0.0406. The first-order chi connectivity index (χ1) is 8.44. The highest BCUT2D eigenvalue weighted by atomic mass is 35.5. The first kappa shape index (κ1) is 14.3. The van der Waals surface area contributed by atoms with Crippen LogP contribution in [0.5, 0.6) is 0 Å². The molecule has 1 aliphatic rings. The third-order valence-corrected chi connectivity index (χ3v) is 6.89. The highest BCUT2D eigenvalue weighted by Crippen LogP contribution is 2.32. The van der Waals surface area contributed by atoms with E-state index in [0.717, 1.165) is 36.2 Å². The predicted molar refractivity (Wildman–Crippen MR) is 74.6 cm³/mol. The fourth-order valence-corrected chi connectivity index (χ4v) is 5.36. The summed E-state index contributed by atoms with van der Waals surface area (Å²) in [6.07, 6.45) is 2.88. The molecule has 3 N–H and O–H groups in total. The molecule has 2 rings (SSSR count). The van der Waals surface area contributed by atoms with E-state index in [0.29, 0.717) is 10.9 Å². The Bertz CT molecular complexity index is 508. The van der Waals surface area contributed by atoms with E-state index in [-0.39, 0.29) is 16.2 Å². The molecule has 102 valence electrons. The third-order valence-electron chi connectivity index (χ3n) is 3.37. The topological polar surface area (TPSA) is 72.2 Å². The number of nitrogens with two attached hydrogens (primary N) is 1. The summed E-state index contributed by atoms with van der Waals surface area (Å²) in [4.78, 5) is 0. The van der Waals surface area contributed by atoms with Gasteiger partial charge < -0.3 is 5.73 Å². The van der Waals surface area contributed by atoms with E-state index in [1.54, 1.807) is 13.0 Å². The van der Waals surface area contributed by atoms with E-state index in [2.05, 4.69) is 4.72 Å². The number of aryl methyl sites for hydroxylation is 1. The number of hydrogen-bond acceptors (Lipinski definition) is 4. The molecule has 1 saturated carbocycles. The minimum atomic E-state index is -3.46. The maximum absolute atomic E-state index is 12.2. The van der Waals surface area contributed by atoms with Crippen LogP contribution in [0.1, 0.15) is 24.8 Å². The molecule has 4 nitrogen and oxygen atoms in total. The number of thiophene rings is 1. The Kier molecular flexibility index (Phi) is 4.33. The van der Waals surface area contributed by atoms with E-state index >= 15 is 0 Å². The Morgan fingerprint density at radius 3 is 2.83 bits per heavy atom. The highest BCUT2D eigenvalue weighted by Gasteiger charge is 2.31. The van der Waals surface area contributed by atoms with Crippen molar-refractivity contribution in [3.8, 4) is 0 Å². The van der Waals surface area contributed by atoms with Gasteiger partial charge in [-0.15, -0.1) is 11.3 Å². The molecule has 0 saturated heterocycles. The lowest BCUT2D eigenvalue weighted by Gasteiger charge is -2.18. The van der Waals surface area contributed by atoms with Gasteiger partial charge in [0, 0.05) is 6.04 Å². The van der Waals surface area contributed by atoms with Gasteiger partial charge in [-0.25, -0.2) is 13.1 Å². The minimum Gasteiger partial charge on any atom is -0.330 e. The van der Waals surface area contributed by atoms with Crippen LogP contribution < -0.4 is 10.5 Å². The largest absolute Gasteiger partial charge is 0.330 e. The van der Waals surface area contributed by atoms with Gasteiger partial charge in [0.15, 0.2) is 0 Å². The molecule has 2 atom stereocenters. The number of nitrogens with one attached hydrogen (secondary N) is 1. The van der Waals surface area contributed by atoms with Gasteiger partial charge in [-0.2, -0.15) is 0 Å². The van der Waals surface area contributed by atoms with Gasteiger partial charge in [0.05, 0.1) is 4.34 Å². The summed E-state index contributed by atoms with van der Waals surface area (Å²) in [5.41, 5.74) is 6.45. The fourth-order valence-electron chi connectivity index (χ4n) is 2.30. The average molecular weight is 309 g/mol. The normalized spacial score (nSPS) is 24.6. The molecular formula is C11H17ClN2O2S2. The van der Waals surface area contributed by atoms with Crippen molar-refractivity contribution in [2.75, 3.05) is 6.54 Å². The van der Waals surface area contributed by atoms with Crippen molar-refractivity contribution in [2.24, 2.45) is 11.7 Å². The zero-order valence-corrected chi connectivity index (χ0v) is 12.5. The standard InChI is InChI=1S/C11H17ClN2O2S2/c1-7-5-10(17-11(7)12)18(15,16)14-9-4-2-3-8(9)6-13/h5,8-9,14H,2-4,6,13H2,1H3. The lowest BCUT2D eigenvalue weighted by molar-refractivity contribution is 0.453. The zero-order chi connectivity index (χ0) is 13.3. The Hall–Kier alpha value is -0.140. The molecule has 1 aliphatic carbocycles. The first-order valence-corrected chi connectivity index (χ1v) is 8.60. The number of rotatable bonds is 4. The monoisotopic (exact) mass is 308 g/mol. The fraction of sp³-hybridized carbons (Fsp3) is 0.636. The second-order valence-electron chi connectivity index (χ2n) is 4.68. The van der Waals surface area contributed by atoms with Crippen LogP contribution in [-0.4, -0.2) is 21.0 Å². The Morgan fingerprint density at radius 2 is 2.28 bits per heavy atom. The summed E-state index contributed by atoms with van der Waals surface area (Å²) < 4.78 is 28.0. The van der Waals surface area contributed by atoms with Crippen LogP contribution in [0.25, 0.3) is 0 Å². The van der Waals surface area contributed by atoms with Crippen LogP contribution in [0, 0.1) is 12.8 Å². The van der Waals surface area contributed by atoms with Crippen molar-refractivity contribution in [3.63, 3.8) is 0 Å². The van der Waals surface area contributed by atoms with Crippen LogP contribution in [0.15, 0.2) is 10.3 Å². The smallest absolute Gasteiger partial charge is 0.250 e. The molecule has 1 fully saturated rings. The predicted octanol–water partition coefficient (Wildman–Crippen LogP) is 2.12. The van der Waals surface area contributed by atoms with Gasteiger partial charge in [-0.1, -0.05) is 18.0 Å². The summed E-state index contributed by atoms with van der Waals surface area (Å²) in [7, 11) is -3.46. The van der Waals surface area contributed by atoms with Gasteiger partial charge in [-0.3, -0.25) is 0 Å². The number of halogens is 1. The van der Waals surface area contributed by atoms with Crippen molar-refractivity contribution in [1.82, 2.24) is 4.72 Å². The lowest BCUT2D eigenvalue weighted by Crippen LogP contribution is -2.39. The van der Waals surface area contributed by atoms with E-state index in [1.165, 1.54) is 0 Å². The average Bonchev–Trinajstić information content (AvgIpc) is 2.86. The van der Waals surface area contributed by atoms with Crippen LogP contribution >= 0.6 is 22.9 Å². The van der Waals surface area contributed by atoms with E-state index in [4.69, 9.17) is 17.3 Å². The third kappa shape index (κ3) is 2.88. The molecule has 0 spiro atoms. The molecular weight excluding hydrogens is 292 g/mol. The zero-order valence-electron chi connectivity index (χ0n) is 10.1. The molecule has 0 bridgehead atoms. The van der Waals surface area contributed by atoms with Gasteiger partial charge >= 0.3 is 0 Å². The van der Waals surface area contributed by atoms with Crippen molar-refractivity contribution in [2.45, 2.75) is 36.4 Å². The summed E-state index contributed by atoms with van der Waals surface area (Å²) in [6, 6.07) is 1.57. The SMILES string of the molecule is Cc1cc(S(=O)(=O)NC2CCCC2CN)sc1Cl.